The molecule has 2 aliphatic heterocycles. The van der Waals surface area contributed by atoms with Crippen LogP contribution in [0, 0.1) is 0 Å². The highest BCUT2D eigenvalue weighted by molar-refractivity contribution is 6.74. The van der Waals surface area contributed by atoms with E-state index in [1.54, 1.807) is 0 Å². The van der Waals surface area contributed by atoms with Crippen molar-refractivity contribution in [2.45, 2.75) is 0 Å². The van der Waals surface area contributed by atoms with E-state index in [-0.39, 0.29) is 0 Å². The molecular formula is C18H14B2N2. The number of benzene rings is 3. The summed E-state index contributed by atoms with van der Waals surface area (Å²) in [4.78, 5) is 0. The minimum absolute atomic E-state index is 0.995. The van der Waals surface area contributed by atoms with Gasteiger partial charge in [0.15, 0.2) is 14.6 Å². The van der Waals surface area contributed by atoms with Crippen molar-refractivity contribution in [3.8, 4) is 0 Å². The van der Waals surface area contributed by atoms with E-state index >= 15 is 0 Å². The first-order valence-electron chi connectivity index (χ1n) is 7.72. The first-order chi connectivity index (χ1) is 10.9. The fourth-order valence-electron chi connectivity index (χ4n) is 3.51. The predicted octanol–water partition coefficient (Wildman–Crippen LogP) is 0.575. The third-order valence-electron chi connectivity index (χ3n) is 4.66. The van der Waals surface area contributed by atoms with Gasteiger partial charge in [0.25, 0.3) is 0 Å². The van der Waals surface area contributed by atoms with Gasteiger partial charge in [0.2, 0.25) is 0 Å². The maximum absolute atomic E-state index is 3.59. The number of anilines is 4. The van der Waals surface area contributed by atoms with Crippen LogP contribution in [-0.4, -0.2) is 14.6 Å². The van der Waals surface area contributed by atoms with E-state index in [9.17, 15) is 0 Å². The fraction of sp³-hybridized carbons (Fsp3) is 0. The highest BCUT2D eigenvalue weighted by atomic mass is 14.9. The Morgan fingerprint density at radius 1 is 0.500 bits per heavy atom. The van der Waals surface area contributed by atoms with E-state index in [1.165, 1.54) is 44.6 Å². The zero-order valence-corrected chi connectivity index (χ0v) is 12.2. The molecule has 2 heterocycles. The van der Waals surface area contributed by atoms with Crippen LogP contribution in [-0.2, 0) is 0 Å². The molecule has 0 aliphatic carbocycles. The van der Waals surface area contributed by atoms with Crippen LogP contribution in [0.2, 0.25) is 0 Å². The topological polar surface area (TPSA) is 24.1 Å². The maximum atomic E-state index is 3.59. The van der Waals surface area contributed by atoms with Gasteiger partial charge in [-0.2, -0.15) is 0 Å². The Bertz CT molecular complexity index is 762. The fourth-order valence-corrected chi connectivity index (χ4v) is 3.51. The van der Waals surface area contributed by atoms with E-state index < -0.39 is 0 Å². The molecule has 102 valence electrons. The molecule has 0 saturated carbocycles. The molecule has 3 aromatic rings. The summed E-state index contributed by atoms with van der Waals surface area (Å²) in [6.07, 6.45) is 0. The number of rotatable bonds is 0. The summed E-state index contributed by atoms with van der Waals surface area (Å²) in [5.74, 6) is 0. The van der Waals surface area contributed by atoms with Crippen LogP contribution in [0.25, 0.3) is 0 Å². The van der Waals surface area contributed by atoms with E-state index in [4.69, 9.17) is 0 Å². The quantitative estimate of drug-likeness (QED) is 0.405. The normalized spacial score (nSPS) is 13.1. The van der Waals surface area contributed by atoms with E-state index in [0.29, 0.717) is 0 Å². The summed E-state index contributed by atoms with van der Waals surface area (Å²) >= 11 is 0. The summed E-state index contributed by atoms with van der Waals surface area (Å²) in [5, 5.41) is 7.17. The molecule has 4 heteroatoms. The lowest BCUT2D eigenvalue weighted by molar-refractivity contribution is 1.55. The smallest absolute Gasteiger partial charge is 0.197 e. The molecule has 0 unspecified atom stereocenters. The van der Waals surface area contributed by atoms with Gasteiger partial charge in [-0.1, -0.05) is 58.2 Å². The second kappa shape index (κ2) is 4.44. The van der Waals surface area contributed by atoms with Crippen molar-refractivity contribution < 1.29 is 0 Å². The number of fused-ring (bicyclic) bond motifs is 4. The third-order valence-corrected chi connectivity index (χ3v) is 4.66. The van der Waals surface area contributed by atoms with Crippen LogP contribution in [0.5, 0.6) is 0 Å². The monoisotopic (exact) mass is 280 g/mol. The van der Waals surface area contributed by atoms with Crippen LogP contribution < -0.4 is 32.5 Å². The summed E-state index contributed by atoms with van der Waals surface area (Å²) in [7, 11) is 1.99. The summed E-state index contributed by atoms with van der Waals surface area (Å²) in [6, 6.07) is 21.7. The van der Waals surface area contributed by atoms with Crippen LogP contribution >= 0.6 is 0 Å². The van der Waals surface area contributed by atoms with Crippen molar-refractivity contribution in [2.24, 2.45) is 0 Å². The molecule has 2 aliphatic rings. The molecule has 2 nitrogen and oxygen atoms in total. The molecule has 0 saturated heterocycles. The Labute approximate surface area is 131 Å². The molecule has 0 aromatic heterocycles. The molecule has 0 spiro atoms. The van der Waals surface area contributed by atoms with E-state index in [1.807, 2.05) is 0 Å². The van der Waals surface area contributed by atoms with Crippen molar-refractivity contribution in [3.63, 3.8) is 0 Å². The molecule has 0 amide bonds. The van der Waals surface area contributed by atoms with E-state index in [2.05, 4.69) is 71.3 Å². The first-order valence-corrected chi connectivity index (χ1v) is 7.72. The van der Waals surface area contributed by atoms with Gasteiger partial charge in [-0.15, -0.1) is 0 Å². The average molecular weight is 280 g/mol. The lowest BCUT2D eigenvalue weighted by Crippen LogP contribution is -2.41. The van der Waals surface area contributed by atoms with Crippen molar-refractivity contribution in [1.82, 2.24) is 0 Å². The zero-order valence-electron chi connectivity index (χ0n) is 12.2. The summed E-state index contributed by atoms with van der Waals surface area (Å²) < 4.78 is 0. The minimum Gasteiger partial charge on any atom is -0.356 e. The number of hydrogen-bond acceptors (Lipinski definition) is 2. The van der Waals surface area contributed by atoms with Crippen molar-refractivity contribution in [1.29, 1.82) is 0 Å². The standard InChI is InChI=1S/C18H14B2N2/c1-3-7-15-11(5-1)19-13-9-18-14(10-17(13)21-15)20-12-6-2-4-8-16(12)22-18/h1-10,19-22H. The second-order valence-corrected chi connectivity index (χ2v) is 6.08. The van der Waals surface area contributed by atoms with Gasteiger partial charge in [-0.05, 0) is 24.3 Å². The van der Waals surface area contributed by atoms with Crippen molar-refractivity contribution in [3.05, 3.63) is 60.7 Å². The van der Waals surface area contributed by atoms with Gasteiger partial charge >= 0.3 is 0 Å². The van der Waals surface area contributed by atoms with Gasteiger partial charge < -0.3 is 10.6 Å². The Kier molecular flexibility index (Phi) is 2.42. The van der Waals surface area contributed by atoms with Gasteiger partial charge in [0.1, 0.15) is 0 Å². The third kappa shape index (κ3) is 1.77. The number of nitrogens with one attached hydrogen (secondary N) is 2. The van der Waals surface area contributed by atoms with E-state index in [0.717, 1.165) is 14.6 Å². The molecule has 22 heavy (non-hydrogen) atoms. The Morgan fingerprint density at radius 2 is 0.955 bits per heavy atom. The Balaban J connectivity index is 1.60. The van der Waals surface area contributed by atoms with Crippen LogP contribution in [0.4, 0.5) is 22.7 Å². The minimum atomic E-state index is 0.995. The van der Waals surface area contributed by atoms with Gasteiger partial charge in [-0.25, -0.2) is 0 Å². The number of hydrogen-bond donors (Lipinski definition) is 2. The molecule has 3 aromatic carbocycles. The average Bonchev–Trinajstić information content (AvgIpc) is 2.56. The Morgan fingerprint density at radius 3 is 1.45 bits per heavy atom. The molecule has 0 fully saturated rings. The summed E-state index contributed by atoms with van der Waals surface area (Å²) in [5.41, 5.74) is 10.4. The van der Waals surface area contributed by atoms with Crippen LogP contribution in [0.15, 0.2) is 60.7 Å². The predicted molar refractivity (Wildman–Crippen MR) is 98.7 cm³/mol. The molecule has 2 N–H and O–H groups in total. The van der Waals surface area contributed by atoms with Gasteiger partial charge in [0, 0.05) is 22.7 Å². The summed E-state index contributed by atoms with van der Waals surface area (Å²) in [6.45, 7) is 0. The molecule has 0 bridgehead atoms. The van der Waals surface area contributed by atoms with Gasteiger partial charge in [0.05, 0.1) is 0 Å². The van der Waals surface area contributed by atoms with Crippen LogP contribution in [0.3, 0.4) is 0 Å². The second-order valence-electron chi connectivity index (χ2n) is 6.08. The molecule has 0 radical (unpaired) electrons. The highest BCUT2D eigenvalue weighted by Crippen LogP contribution is 2.22. The van der Waals surface area contributed by atoms with Crippen molar-refractivity contribution in [2.75, 3.05) is 10.6 Å². The largest absolute Gasteiger partial charge is 0.356 e. The number of para-hydroxylation sites is 2. The van der Waals surface area contributed by atoms with Crippen molar-refractivity contribution >= 4 is 59.2 Å². The first kappa shape index (κ1) is 12.0. The Hall–Kier alpha value is -2.61. The highest BCUT2D eigenvalue weighted by Gasteiger charge is 2.21. The molecule has 5 rings (SSSR count). The molecule has 0 atom stereocenters. The zero-order chi connectivity index (χ0) is 14.5. The SMILES string of the molecule is B1c2ccccc2Nc2cc3c(cc21)Nc1ccccc1B3. The lowest BCUT2D eigenvalue weighted by Gasteiger charge is -2.26. The molecular weight excluding hydrogens is 266 g/mol. The van der Waals surface area contributed by atoms with Gasteiger partial charge in [-0.3, -0.25) is 0 Å². The van der Waals surface area contributed by atoms with Crippen LogP contribution in [0.1, 0.15) is 0 Å². The maximum Gasteiger partial charge on any atom is 0.197 e. The lowest BCUT2D eigenvalue weighted by atomic mass is 9.56.